The highest BCUT2D eigenvalue weighted by atomic mass is 35.5. The molecular formula is C23H29ClN4O2. The van der Waals surface area contributed by atoms with Crippen LogP contribution < -0.4 is 16.0 Å². The Labute approximate surface area is 183 Å². The minimum Gasteiger partial charge on any atom is -0.350 e. The molecule has 3 N–H and O–H groups in total. The Morgan fingerprint density at radius 3 is 2.50 bits per heavy atom. The number of halogens is 1. The standard InChI is InChI=1S/C23H29ClN4O2/c1-16(2)26-23(30)27-20-11-4-3-10-19(20)22(29)25-15-21(28-12-5-6-13-28)17-8-7-9-18(24)14-17/h3-4,7-11,14,16,21H,5-6,12-13,15H2,1-2H3,(H,25,29)(H2,26,27,30). The van der Waals surface area contributed by atoms with Crippen molar-refractivity contribution in [2.24, 2.45) is 0 Å². The van der Waals surface area contributed by atoms with E-state index < -0.39 is 0 Å². The van der Waals surface area contributed by atoms with Gasteiger partial charge in [0, 0.05) is 17.6 Å². The lowest BCUT2D eigenvalue weighted by atomic mass is 10.0. The Morgan fingerprint density at radius 2 is 1.80 bits per heavy atom. The number of anilines is 1. The van der Waals surface area contributed by atoms with E-state index >= 15 is 0 Å². The predicted octanol–water partition coefficient (Wildman–Crippen LogP) is 4.44. The number of carbonyl (C=O) groups excluding carboxylic acids is 2. The number of para-hydroxylation sites is 1. The molecule has 2 aromatic carbocycles. The molecule has 3 amide bonds. The SMILES string of the molecule is CC(C)NC(=O)Nc1ccccc1C(=O)NCC(c1cccc(Cl)c1)N1CCCC1. The third-order valence-electron chi connectivity index (χ3n) is 5.11. The van der Waals surface area contributed by atoms with Crippen molar-refractivity contribution in [1.29, 1.82) is 0 Å². The van der Waals surface area contributed by atoms with Gasteiger partial charge in [0.2, 0.25) is 0 Å². The maximum Gasteiger partial charge on any atom is 0.319 e. The summed E-state index contributed by atoms with van der Waals surface area (Å²) in [5.41, 5.74) is 2.00. The van der Waals surface area contributed by atoms with Crippen molar-refractivity contribution < 1.29 is 9.59 Å². The summed E-state index contributed by atoms with van der Waals surface area (Å²) in [6, 6.07) is 14.5. The maximum atomic E-state index is 13.0. The smallest absolute Gasteiger partial charge is 0.319 e. The van der Waals surface area contributed by atoms with Gasteiger partial charge in [0.1, 0.15) is 0 Å². The van der Waals surface area contributed by atoms with Crippen LogP contribution in [0.2, 0.25) is 5.02 Å². The van der Waals surface area contributed by atoms with Crippen molar-refractivity contribution in [1.82, 2.24) is 15.5 Å². The van der Waals surface area contributed by atoms with E-state index in [2.05, 4.69) is 20.9 Å². The third-order valence-corrected chi connectivity index (χ3v) is 5.35. The van der Waals surface area contributed by atoms with Crippen molar-refractivity contribution >= 4 is 29.2 Å². The Morgan fingerprint density at radius 1 is 1.07 bits per heavy atom. The van der Waals surface area contributed by atoms with Crippen LogP contribution in [0.4, 0.5) is 10.5 Å². The molecule has 0 aliphatic carbocycles. The third kappa shape index (κ3) is 5.97. The van der Waals surface area contributed by atoms with Crippen LogP contribution >= 0.6 is 11.6 Å². The van der Waals surface area contributed by atoms with Crippen molar-refractivity contribution in [2.45, 2.75) is 38.8 Å². The zero-order valence-electron chi connectivity index (χ0n) is 17.5. The van der Waals surface area contributed by atoms with Gasteiger partial charge in [0.05, 0.1) is 17.3 Å². The fourth-order valence-corrected chi connectivity index (χ4v) is 3.92. The molecule has 30 heavy (non-hydrogen) atoms. The van der Waals surface area contributed by atoms with E-state index in [0.29, 0.717) is 22.8 Å². The first-order chi connectivity index (χ1) is 14.4. The summed E-state index contributed by atoms with van der Waals surface area (Å²) in [5, 5.41) is 9.28. The van der Waals surface area contributed by atoms with E-state index in [1.807, 2.05) is 38.1 Å². The lowest BCUT2D eigenvalue weighted by Crippen LogP contribution is -2.37. The van der Waals surface area contributed by atoms with E-state index in [1.165, 1.54) is 0 Å². The zero-order valence-corrected chi connectivity index (χ0v) is 18.2. The summed E-state index contributed by atoms with van der Waals surface area (Å²) in [4.78, 5) is 27.4. The van der Waals surface area contributed by atoms with E-state index in [-0.39, 0.29) is 24.0 Å². The second kappa shape index (κ2) is 10.5. The second-order valence-corrected chi connectivity index (χ2v) is 8.26. The van der Waals surface area contributed by atoms with Crippen LogP contribution in [-0.2, 0) is 0 Å². The first-order valence-corrected chi connectivity index (χ1v) is 10.8. The lowest BCUT2D eigenvalue weighted by Gasteiger charge is -2.28. The molecule has 0 aromatic heterocycles. The van der Waals surface area contributed by atoms with Crippen molar-refractivity contribution in [3.05, 3.63) is 64.7 Å². The molecule has 3 rings (SSSR count). The van der Waals surface area contributed by atoms with Crippen LogP contribution in [0.25, 0.3) is 0 Å². The molecule has 6 nitrogen and oxygen atoms in total. The molecule has 2 aromatic rings. The molecule has 0 bridgehead atoms. The van der Waals surface area contributed by atoms with Crippen molar-refractivity contribution in [3.8, 4) is 0 Å². The fourth-order valence-electron chi connectivity index (χ4n) is 3.72. The Bertz CT molecular complexity index is 881. The number of nitrogens with one attached hydrogen (secondary N) is 3. The number of rotatable bonds is 7. The minimum atomic E-state index is -0.334. The molecule has 7 heteroatoms. The van der Waals surface area contributed by atoms with Gasteiger partial charge >= 0.3 is 6.03 Å². The molecule has 160 valence electrons. The maximum absolute atomic E-state index is 13.0. The van der Waals surface area contributed by atoms with Gasteiger partial charge in [-0.2, -0.15) is 0 Å². The summed E-state index contributed by atoms with van der Waals surface area (Å²) in [6.45, 7) is 6.23. The molecule has 0 saturated carbocycles. The zero-order chi connectivity index (χ0) is 21.5. The number of hydrogen-bond donors (Lipinski definition) is 3. The van der Waals surface area contributed by atoms with E-state index in [4.69, 9.17) is 11.6 Å². The number of urea groups is 1. The molecule has 1 heterocycles. The average Bonchev–Trinajstić information content (AvgIpc) is 3.22. The van der Waals surface area contributed by atoms with Gasteiger partial charge in [0.15, 0.2) is 0 Å². The van der Waals surface area contributed by atoms with Crippen LogP contribution in [0.15, 0.2) is 48.5 Å². The van der Waals surface area contributed by atoms with Gasteiger partial charge in [-0.05, 0) is 69.6 Å². The molecule has 1 saturated heterocycles. The Balaban J connectivity index is 1.72. The predicted molar refractivity (Wildman–Crippen MR) is 121 cm³/mol. The fraction of sp³-hybridized carbons (Fsp3) is 0.391. The van der Waals surface area contributed by atoms with Crippen LogP contribution in [0.3, 0.4) is 0 Å². The summed E-state index contributed by atoms with van der Waals surface area (Å²) in [7, 11) is 0. The van der Waals surface area contributed by atoms with Crippen LogP contribution in [0.5, 0.6) is 0 Å². The number of likely N-dealkylation sites (tertiary alicyclic amines) is 1. The molecule has 1 fully saturated rings. The van der Waals surface area contributed by atoms with Gasteiger partial charge in [-0.1, -0.05) is 35.9 Å². The summed E-state index contributed by atoms with van der Waals surface area (Å²) in [5.74, 6) is -0.221. The molecule has 0 radical (unpaired) electrons. The second-order valence-electron chi connectivity index (χ2n) is 7.82. The van der Waals surface area contributed by atoms with Crippen LogP contribution in [0, 0.1) is 0 Å². The van der Waals surface area contributed by atoms with Gasteiger partial charge in [-0.3, -0.25) is 9.69 Å². The number of benzene rings is 2. The highest BCUT2D eigenvalue weighted by Gasteiger charge is 2.25. The minimum absolute atomic E-state index is 0.00454. The van der Waals surface area contributed by atoms with Crippen molar-refractivity contribution in [2.75, 3.05) is 25.0 Å². The highest BCUT2D eigenvalue weighted by Crippen LogP contribution is 2.26. The first kappa shape index (κ1) is 22.1. The van der Waals surface area contributed by atoms with E-state index in [9.17, 15) is 9.59 Å². The van der Waals surface area contributed by atoms with E-state index in [1.54, 1.807) is 24.3 Å². The molecule has 0 spiro atoms. The molecule has 1 unspecified atom stereocenters. The number of amides is 3. The number of nitrogens with zero attached hydrogens (tertiary/aromatic N) is 1. The molecule has 1 aliphatic heterocycles. The van der Waals surface area contributed by atoms with Gasteiger partial charge in [-0.15, -0.1) is 0 Å². The van der Waals surface area contributed by atoms with Crippen molar-refractivity contribution in [3.63, 3.8) is 0 Å². The summed E-state index contributed by atoms with van der Waals surface area (Å²) in [6.07, 6.45) is 2.31. The van der Waals surface area contributed by atoms with Gasteiger partial charge in [-0.25, -0.2) is 4.79 Å². The summed E-state index contributed by atoms with van der Waals surface area (Å²) >= 11 is 6.21. The molecular weight excluding hydrogens is 400 g/mol. The van der Waals surface area contributed by atoms with E-state index in [0.717, 1.165) is 31.5 Å². The van der Waals surface area contributed by atoms with Crippen LogP contribution in [0.1, 0.15) is 48.7 Å². The normalized spacial score (nSPS) is 15.1. The molecule has 1 aliphatic rings. The van der Waals surface area contributed by atoms with Gasteiger partial charge < -0.3 is 16.0 Å². The number of carbonyl (C=O) groups is 2. The first-order valence-electron chi connectivity index (χ1n) is 10.4. The monoisotopic (exact) mass is 428 g/mol. The topological polar surface area (TPSA) is 73.5 Å². The Kier molecular flexibility index (Phi) is 7.71. The average molecular weight is 429 g/mol. The van der Waals surface area contributed by atoms with Gasteiger partial charge in [0.25, 0.3) is 5.91 Å². The molecule has 1 atom stereocenters. The quantitative estimate of drug-likeness (QED) is 0.610. The highest BCUT2D eigenvalue weighted by molar-refractivity contribution is 6.30. The van der Waals surface area contributed by atoms with Crippen LogP contribution in [-0.4, -0.2) is 42.5 Å². The largest absolute Gasteiger partial charge is 0.350 e. The lowest BCUT2D eigenvalue weighted by molar-refractivity contribution is 0.0939. The Hall–Kier alpha value is -2.57. The summed E-state index contributed by atoms with van der Waals surface area (Å²) < 4.78 is 0. The number of hydrogen-bond acceptors (Lipinski definition) is 3.